The molecular weight excluding hydrogens is 202 g/mol. The number of hydrogen-bond acceptors (Lipinski definition) is 2. The van der Waals surface area contributed by atoms with E-state index in [1.807, 2.05) is 18.2 Å². The third-order valence-corrected chi connectivity index (χ3v) is 2.99. The number of benzene rings is 1. The van der Waals surface area contributed by atoms with E-state index in [-0.39, 0.29) is 4.75 Å². The van der Waals surface area contributed by atoms with Gasteiger partial charge in [-0.1, -0.05) is 45.6 Å². The van der Waals surface area contributed by atoms with Crippen LogP contribution >= 0.6 is 11.8 Å². The maximum absolute atomic E-state index is 4.08. The zero-order valence-corrected chi connectivity index (χ0v) is 10.4. The standard InChI is InChI=1S/C13H17NS/c1-6-10-8-7-9-11(12(10)14-5)15-13(2,3)4/h6-9H,1,5H2,2-4H3. The molecule has 0 aliphatic carbocycles. The summed E-state index contributed by atoms with van der Waals surface area (Å²) >= 11 is 1.80. The van der Waals surface area contributed by atoms with Crippen molar-refractivity contribution >= 4 is 30.2 Å². The van der Waals surface area contributed by atoms with Gasteiger partial charge in [0.2, 0.25) is 0 Å². The smallest absolute Gasteiger partial charge is 0.0830 e. The molecule has 0 saturated carbocycles. The van der Waals surface area contributed by atoms with E-state index in [0.29, 0.717) is 0 Å². The maximum Gasteiger partial charge on any atom is 0.0830 e. The number of rotatable bonds is 3. The van der Waals surface area contributed by atoms with E-state index in [9.17, 15) is 0 Å². The van der Waals surface area contributed by atoms with Gasteiger partial charge < -0.3 is 0 Å². The molecule has 80 valence electrons. The Bertz CT molecular complexity index is 375. The first-order chi connectivity index (χ1) is 6.98. The highest BCUT2D eigenvalue weighted by atomic mass is 32.2. The molecule has 0 amide bonds. The summed E-state index contributed by atoms with van der Waals surface area (Å²) in [6.45, 7) is 14.0. The molecule has 0 fully saturated rings. The highest BCUT2D eigenvalue weighted by Gasteiger charge is 2.15. The lowest BCUT2D eigenvalue weighted by Crippen LogP contribution is -2.06. The Balaban J connectivity index is 3.17. The third kappa shape index (κ3) is 3.24. The van der Waals surface area contributed by atoms with Gasteiger partial charge in [0.25, 0.3) is 0 Å². The Labute approximate surface area is 96.3 Å². The van der Waals surface area contributed by atoms with Gasteiger partial charge in [-0.05, 0) is 12.8 Å². The van der Waals surface area contributed by atoms with Crippen molar-refractivity contribution in [3.05, 3.63) is 30.3 Å². The van der Waals surface area contributed by atoms with Gasteiger partial charge in [-0.25, -0.2) is 0 Å². The monoisotopic (exact) mass is 219 g/mol. The van der Waals surface area contributed by atoms with Gasteiger partial charge in [0.1, 0.15) is 0 Å². The average molecular weight is 219 g/mol. The first kappa shape index (κ1) is 12.1. The van der Waals surface area contributed by atoms with Crippen LogP contribution in [0.25, 0.3) is 6.08 Å². The fourth-order valence-electron chi connectivity index (χ4n) is 1.29. The molecule has 0 aromatic heterocycles. The third-order valence-electron chi connectivity index (χ3n) is 1.82. The molecule has 1 nitrogen and oxygen atoms in total. The van der Waals surface area contributed by atoms with E-state index in [1.165, 1.54) is 0 Å². The number of para-hydroxylation sites is 1. The lowest BCUT2D eigenvalue weighted by molar-refractivity contribution is 0.803. The Hall–Kier alpha value is -1.02. The fraction of sp³-hybridized carbons (Fsp3) is 0.308. The van der Waals surface area contributed by atoms with Crippen LogP contribution in [0, 0.1) is 0 Å². The Morgan fingerprint density at radius 2 is 2.00 bits per heavy atom. The number of hydrogen-bond donors (Lipinski definition) is 0. The van der Waals surface area contributed by atoms with Gasteiger partial charge in [0.05, 0.1) is 5.69 Å². The van der Waals surface area contributed by atoms with Gasteiger partial charge in [0, 0.05) is 15.2 Å². The topological polar surface area (TPSA) is 12.4 Å². The second-order valence-corrected chi connectivity index (χ2v) is 6.14. The van der Waals surface area contributed by atoms with Crippen LogP contribution in [0.15, 0.2) is 34.7 Å². The van der Waals surface area contributed by atoms with E-state index in [1.54, 1.807) is 11.8 Å². The van der Waals surface area contributed by atoms with E-state index in [2.05, 4.69) is 45.1 Å². The van der Waals surface area contributed by atoms with Crippen molar-refractivity contribution in [2.75, 3.05) is 0 Å². The minimum absolute atomic E-state index is 0.180. The molecule has 0 heterocycles. The van der Waals surface area contributed by atoms with Gasteiger partial charge in [-0.15, -0.1) is 11.8 Å². The Kier molecular flexibility index (Phi) is 3.75. The molecule has 0 spiro atoms. The van der Waals surface area contributed by atoms with Crippen molar-refractivity contribution < 1.29 is 0 Å². The van der Waals surface area contributed by atoms with Gasteiger partial charge in [0.15, 0.2) is 0 Å². The molecule has 1 aromatic rings. The summed E-state index contributed by atoms with van der Waals surface area (Å²) < 4.78 is 0.180. The van der Waals surface area contributed by atoms with Gasteiger partial charge in [-0.3, -0.25) is 4.99 Å². The van der Waals surface area contributed by atoms with Crippen LogP contribution in [0.3, 0.4) is 0 Å². The molecule has 15 heavy (non-hydrogen) atoms. The SMILES string of the molecule is C=Cc1cccc(SC(C)(C)C)c1N=C. The fourth-order valence-corrected chi connectivity index (χ4v) is 2.37. The number of aliphatic imine (C=N–C) groups is 1. The van der Waals surface area contributed by atoms with Crippen LogP contribution in [-0.4, -0.2) is 11.5 Å². The van der Waals surface area contributed by atoms with Gasteiger partial charge in [-0.2, -0.15) is 0 Å². The predicted octanol–water partition coefficient (Wildman–Crippen LogP) is 4.55. The van der Waals surface area contributed by atoms with Crippen LogP contribution in [0.5, 0.6) is 0 Å². The van der Waals surface area contributed by atoms with Crippen molar-refractivity contribution in [1.29, 1.82) is 0 Å². The molecule has 0 bridgehead atoms. The zero-order valence-electron chi connectivity index (χ0n) is 9.58. The number of nitrogens with zero attached hydrogens (tertiary/aromatic N) is 1. The summed E-state index contributed by atoms with van der Waals surface area (Å²) in [5.41, 5.74) is 1.98. The molecule has 0 radical (unpaired) electrons. The lowest BCUT2D eigenvalue weighted by atomic mass is 10.2. The minimum Gasteiger partial charge on any atom is -0.263 e. The van der Waals surface area contributed by atoms with Crippen molar-refractivity contribution in [3.63, 3.8) is 0 Å². The molecule has 0 atom stereocenters. The predicted molar refractivity (Wildman–Crippen MR) is 71.4 cm³/mol. The molecule has 0 aliphatic heterocycles. The molecular formula is C13H17NS. The maximum atomic E-state index is 4.08. The van der Waals surface area contributed by atoms with Crippen LogP contribution in [-0.2, 0) is 0 Å². The molecule has 2 heteroatoms. The summed E-state index contributed by atoms with van der Waals surface area (Å²) in [6.07, 6.45) is 1.82. The highest BCUT2D eigenvalue weighted by molar-refractivity contribution is 8.00. The molecule has 1 aromatic carbocycles. The summed E-state index contributed by atoms with van der Waals surface area (Å²) in [5, 5.41) is 0. The van der Waals surface area contributed by atoms with Crippen molar-refractivity contribution in [2.45, 2.75) is 30.4 Å². The average Bonchev–Trinajstić information content (AvgIpc) is 2.15. The molecule has 0 N–H and O–H groups in total. The summed E-state index contributed by atoms with van der Waals surface area (Å²) in [5.74, 6) is 0. The molecule has 0 aliphatic rings. The molecule has 0 unspecified atom stereocenters. The Morgan fingerprint density at radius 1 is 1.33 bits per heavy atom. The second-order valence-electron chi connectivity index (χ2n) is 4.27. The van der Waals surface area contributed by atoms with Crippen LogP contribution in [0.1, 0.15) is 26.3 Å². The molecule has 0 saturated heterocycles. The van der Waals surface area contributed by atoms with E-state index in [0.717, 1.165) is 16.1 Å². The van der Waals surface area contributed by atoms with Crippen molar-refractivity contribution in [1.82, 2.24) is 0 Å². The Morgan fingerprint density at radius 3 is 2.47 bits per heavy atom. The lowest BCUT2D eigenvalue weighted by Gasteiger charge is -2.19. The molecule has 1 rings (SSSR count). The first-order valence-corrected chi connectivity index (χ1v) is 5.71. The van der Waals surface area contributed by atoms with Crippen LogP contribution in [0.2, 0.25) is 0 Å². The number of thioether (sulfide) groups is 1. The van der Waals surface area contributed by atoms with E-state index < -0.39 is 0 Å². The summed E-state index contributed by atoms with van der Waals surface area (Å²) in [7, 11) is 0. The quantitative estimate of drug-likeness (QED) is 0.536. The van der Waals surface area contributed by atoms with E-state index >= 15 is 0 Å². The van der Waals surface area contributed by atoms with Crippen LogP contribution < -0.4 is 0 Å². The summed E-state index contributed by atoms with van der Waals surface area (Å²) in [6, 6.07) is 6.11. The van der Waals surface area contributed by atoms with Crippen LogP contribution in [0.4, 0.5) is 5.69 Å². The summed E-state index contributed by atoms with van der Waals surface area (Å²) in [4.78, 5) is 5.25. The van der Waals surface area contributed by atoms with E-state index in [4.69, 9.17) is 0 Å². The highest BCUT2D eigenvalue weighted by Crippen LogP contribution is 2.39. The second kappa shape index (κ2) is 4.67. The van der Waals surface area contributed by atoms with Gasteiger partial charge >= 0.3 is 0 Å². The first-order valence-electron chi connectivity index (χ1n) is 4.89. The zero-order chi connectivity index (χ0) is 11.5. The van der Waals surface area contributed by atoms with Crippen molar-refractivity contribution in [3.8, 4) is 0 Å². The minimum atomic E-state index is 0.180. The normalized spacial score (nSPS) is 11.1. The van der Waals surface area contributed by atoms with Crippen molar-refractivity contribution in [2.24, 2.45) is 4.99 Å². The largest absolute Gasteiger partial charge is 0.263 e.